The number of β-lactam (4-membered cyclic amide) rings is 1. The minimum absolute atomic E-state index is 0.0437. The molecule has 0 bridgehead atoms. The van der Waals surface area contributed by atoms with Crippen molar-refractivity contribution in [1.29, 1.82) is 0 Å². The quantitative estimate of drug-likeness (QED) is 0.408. The number of aliphatic carboxylic acids is 1. The molecule has 3 rings (SSSR count). The van der Waals surface area contributed by atoms with E-state index in [1.54, 1.807) is 0 Å². The number of amides is 1. The smallest absolute Gasteiger partial charge is 0.353 e. The summed E-state index contributed by atoms with van der Waals surface area (Å²) in [6.07, 6.45) is 0.366. The number of aliphatic hydroxyl groups is 2. The van der Waals surface area contributed by atoms with Crippen molar-refractivity contribution in [3.05, 3.63) is 10.6 Å². The Hall–Kier alpha value is -1.78. The molecule has 0 saturated carbocycles. The van der Waals surface area contributed by atoms with Crippen LogP contribution in [0.1, 0.15) is 13.3 Å². The molecular formula is C17H26N4O5S. The predicted octanol–water partition coefficient (Wildman–Crippen LogP) is -0.873. The van der Waals surface area contributed by atoms with Gasteiger partial charge in [0.25, 0.3) is 0 Å². The number of carbonyl (C=O) groups is 2. The standard InChI is InChI=1S/C17H26N4O5S/c1-9-12-11(3-5-22)15(24)21(12)13(16(25)26)14(9)27-10-7-18-17(19-8-10)20(2)4-6-23/h9-12,22-23H,3-8H2,1-2H3,(H,18,19)(H,25,26)/t9-,11+,12-/m1/s1. The van der Waals surface area contributed by atoms with Crippen LogP contribution in [0.15, 0.2) is 15.6 Å². The molecule has 0 unspecified atom stereocenters. The number of carboxylic acids is 1. The van der Waals surface area contributed by atoms with E-state index < -0.39 is 5.97 Å². The molecule has 10 heteroatoms. The molecule has 3 heterocycles. The van der Waals surface area contributed by atoms with Gasteiger partial charge in [-0.15, -0.1) is 11.8 Å². The van der Waals surface area contributed by atoms with Crippen LogP contribution in [0, 0.1) is 11.8 Å². The highest BCUT2D eigenvalue weighted by Gasteiger charge is 2.58. The molecule has 150 valence electrons. The van der Waals surface area contributed by atoms with E-state index in [0.29, 0.717) is 26.1 Å². The topological polar surface area (TPSA) is 126 Å². The molecule has 0 aromatic heterocycles. The molecule has 0 aromatic carbocycles. The predicted molar refractivity (Wildman–Crippen MR) is 101 cm³/mol. The lowest BCUT2D eigenvalue weighted by atomic mass is 9.80. The van der Waals surface area contributed by atoms with E-state index in [9.17, 15) is 19.8 Å². The van der Waals surface area contributed by atoms with E-state index in [4.69, 9.17) is 5.11 Å². The van der Waals surface area contributed by atoms with Crippen molar-refractivity contribution >= 4 is 29.6 Å². The second kappa shape index (κ2) is 8.07. The number of guanidine groups is 1. The number of rotatable bonds is 7. The van der Waals surface area contributed by atoms with E-state index in [1.807, 2.05) is 18.9 Å². The Bertz CT molecular complexity index is 682. The number of nitrogens with one attached hydrogen (secondary N) is 1. The SMILES string of the molecule is C[C@H]1C(S[C@H]2CN=C(N(C)CCO)NC2)=C(C(=O)O)N2C(=O)[C@@H](CCO)[C@@H]12. The number of nitrogens with zero attached hydrogens (tertiary/aromatic N) is 3. The molecular weight excluding hydrogens is 372 g/mol. The first-order valence-corrected chi connectivity index (χ1v) is 9.97. The van der Waals surface area contributed by atoms with Crippen LogP contribution in [0.4, 0.5) is 0 Å². The maximum Gasteiger partial charge on any atom is 0.353 e. The van der Waals surface area contributed by atoms with Gasteiger partial charge >= 0.3 is 5.97 Å². The first kappa shape index (κ1) is 20.0. The highest BCUT2D eigenvalue weighted by molar-refractivity contribution is 8.03. The number of carboxylic acid groups (broad SMARTS) is 1. The molecule has 27 heavy (non-hydrogen) atoms. The summed E-state index contributed by atoms with van der Waals surface area (Å²) in [5.74, 6) is -0.953. The van der Waals surface area contributed by atoms with Gasteiger partial charge in [0, 0.05) is 42.8 Å². The summed E-state index contributed by atoms with van der Waals surface area (Å²) in [6, 6.07) is -0.176. The van der Waals surface area contributed by atoms with Gasteiger partial charge in [0.2, 0.25) is 5.91 Å². The van der Waals surface area contributed by atoms with Crippen molar-refractivity contribution in [2.75, 3.05) is 39.9 Å². The maximum absolute atomic E-state index is 12.4. The Morgan fingerprint density at radius 3 is 2.70 bits per heavy atom. The number of fused-ring (bicyclic) bond motifs is 1. The number of thioether (sulfide) groups is 1. The third kappa shape index (κ3) is 3.53. The minimum Gasteiger partial charge on any atom is -0.477 e. The van der Waals surface area contributed by atoms with E-state index in [-0.39, 0.29) is 47.9 Å². The van der Waals surface area contributed by atoms with Crippen molar-refractivity contribution < 1.29 is 24.9 Å². The Balaban J connectivity index is 1.73. The average Bonchev–Trinajstić information content (AvgIpc) is 2.90. The first-order chi connectivity index (χ1) is 12.9. The fourth-order valence-corrected chi connectivity index (χ4v) is 5.31. The van der Waals surface area contributed by atoms with Gasteiger partial charge in [-0.1, -0.05) is 6.92 Å². The summed E-state index contributed by atoms with van der Waals surface area (Å²) in [4.78, 5) is 32.6. The third-order valence-electron chi connectivity index (χ3n) is 5.33. The van der Waals surface area contributed by atoms with E-state index >= 15 is 0 Å². The molecule has 0 radical (unpaired) electrons. The van der Waals surface area contributed by atoms with Gasteiger partial charge < -0.3 is 30.4 Å². The Morgan fingerprint density at radius 2 is 2.15 bits per heavy atom. The van der Waals surface area contributed by atoms with Crippen LogP contribution >= 0.6 is 11.8 Å². The number of hydrogen-bond acceptors (Lipinski definition) is 8. The molecule has 1 fully saturated rings. The lowest BCUT2D eigenvalue weighted by molar-refractivity contribution is -0.157. The molecule has 1 amide bonds. The van der Waals surface area contributed by atoms with E-state index in [0.717, 1.165) is 10.9 Å². The zero-order valence-corrected chi connectivity index (χ0v) is 16.3. The summed E-state index contributed by atoms with van der Waals surface area (Å²) in [7, 11) is 1.84. The van der Waals surface area contributed by atoms with Gasteiger partial charge in [0.15, 0.2) is 5.96 Å². The van der Waals surface area contributed by atoms with Gasteiger partial charge in [0.05, 0.1) is 25.1 Å². The summed E-state index contributed by atoms with van der Waals surface area (Å²) in [6.45, 7) is 3.56. The third-order valence-corrected chi connectivity index (χ3v) is 6.80. The molecule has 3 aliphatic heterocycles. The second-order valence-corrected chi connectivity index (χ2v) is 8.40. The Kier molecular flexibility index (Phi) is 5.97. The Morgan fingerprint density at radius 1 is 1.41 bits per heavy atom. The number of aliphatic hydroxyl groups excluding tert-OH is 2. The number of hydrogen-bond donors (Lipinski definition) is 4. The first-order valence-electron chi connectivity index (χ1n) is 9.09. The van der Waals surface area contributed by atoms with Gasteiger partial charge in [-0.05, 0) is 6.42 Å². The van der Waals surface area contributed by atoms with Crippen LogP contribution in [-0.4, -0.2) is 94.1 Å². The molecule has 4 N–H and O–H groups in total. The monoisotopic (exact) mass is 398 g/mol. The Labute approximate surface area is 162 Å². The minimum atomic E-state index is -1.08. The van der Waals surface area contributed by atoms with E-state index in [2.05, 4.69) is 10.3 Å². The largest absolute Gasteiger partial charge is 0.477 e. The lowest BCUT2D eigenvalue weighted by Crippen LogP contribution is -2.60. The van der Waals surface area contributed by atoms with Crippen LogP contribution in [0.3, 0.4) is 0 Å². The normalized spacial score (nSPS) is 29.9. The summed E-state index contributed by atoms with van der Waals surface area (Å²) < 4.78 is 0. The number of aliphatic imine (C=N–C) groups is 1. The van der Waals surface area contributed by atoms with Crippen molar-refractivity contribution in [3.8, 4) is 0 Å². The van der Waals surface area contributed by atoms with Crippen LogP contribution in [-0.2, 0) is 9.59 Å². The van der Waals surface area contributed by atoms with Gasteiger partial charge in [-0.25, -0.2) is 4.79 Å². The van der Waals surface area contributed by atoms with Crippen LogP contribution in [0.25, 0.3) is 0 Å². The van der Waals surface area contributed by atoms with Crippen LogP contribution in [0.5, 0.6) is 0 Å². The molecule has 9 nitrogen and oxygen atoms in total. The van der Waals surface area contributed by atoms with Crippen LogP contribution < -0.4 is 5.32 Å². The molecule has 0 aliphatic carbocycles. The molecule has 0 aromatic rings. The summed E-state index contributed by atoms with van der Waals surface area (Å²) >= 11 is 1.47. The van der Waals surface area contributed by atoms with Gasteiger partial charge in [-0.3, -0.25) is 9.79 Å². The zero-order valence-electron chi connectivity index (χ0n) is 15.5. The maximum atomic E-state index is 12.4. The highest BCUT2D eigenvalue weighted by atomic mass is 32.2. The van der Waals surface area contributed by atoms with Crippen molar-refractivity contribution in [2.45, 2.75) is 24.6 Å². The fourth-order valence-electron chi connectivity index (χ4n) is 3.98. The average molecular weight is 398 g/mol. The highest BCUT2D eigenvalue weighted by Crippen LogP contribution is 2.51. The van der Waals surface area contributed by atoms with E-state index in [1.165, 1.54) is 16.7 Å². The molecule has 4 atom stereocenters. The number of likely N-dealkylation sites (N-methyl/N-ethyl adjacent to an activating group) is 1. The number of carbonyl (C=O) groups excluding carboxylic acids is 1. The zero-order chi connectivity index (χ0) is 19.7. The molecule has 3 aliphatic rings. The second-order valence-electron chi connectivity index (χ2n) is 7.05. The van der Waals surface area contributed by atoms with Gasteiger partial charge in [0.1, 0.15) is 5.70 Å². The van der Waals surface area contributed by atoms with Crippen molar-refractivity contribution in [1.82, 2.24) is 15.1 Å². The lowest BCUT2D eigenvalue weighted by Gasteiger charge is -2.45. The summed E-state index contributed by atoms with van der Waals surface area (Å²) in [5, 5.41) is 31.2. The van der Waals surface area contributed by atoms with Gasteiger partial charge in [-0.2, -0.15) is 0 Å². The summed E-state index contributed by atoms with van der Waals surface area (Å²) in [5.41, 5.74) is 0.0869. The van der Waals surface area contributed by atoms with Crippen LogP contribution in [0.2, 0.25) is 0 Å². The molecule has 0 spiro atoms. The molecule has 1 saturated heterocycles. The van der Waals surface area contributed by atoms with Crippen molar-refractivity contribution in [2.24, 2.45) is 16.8 Å². The fraction of sp³-hybridized carbons (Fsp3) is 0.706. The van der Waals surface area contributed by atoms with Crippen molar-refractivity contribution in [3.63, 3.8) is 0 Å².